The summed E-state index contributed by atoms with van der Waals surface area (Å²) in [7, 11) is 1.54. The van der Waals surface area contributed by atoms with Crippen LogP contribution in [0.1, 0.15) is 43.0 Å². The van der Waals surface area contributed by atoms with Crippen LogP contribution in [0.2, 0.25) is 5.02 Å². The second-order valence-electron chi connectivity index (χ2n) is 5.69. The van der Waals surface area contributed by atoms with E-state index in [4.69, 9.17) is 21.1 Å². The maximum absolute atomic E-state index is 12.3. The Bertz CT molecular complexity index is 531. The van der Waals surface area contributed by atoms with Crippen molar-refractivity contribution in [3.63, 3.8) is 0 Å². The first-order chi connectivity index (χ1) is 11.2. The molecule has 0 bridgehead atoms. The third-order valence-electron chi connectivity index (χ3n) is 3.91. The second kappa shape index (κ2) is 8.99. The Labute approximate surface area is 142 Å². The van der Waals surface area contributed by atoms with Gasteiger partial charge in [-0.2, -0.15) is 0 Å². The third kappa shape index (κ3) is 5.01. The number of rotatable bonds is 8. The fraction of sp³-hybridized carbons (Fsp3) is 0.588. The lowest BCUT2D eigenvalue weighted by molar-refractivity contribution is 0.0950. The molecule has 0 aromatic heterocycles. The summed E-state index contributed by atoms with van der Waals surface area (Å²) in [6, 6.07) is 3.65. The minimum absolute atomic E-state index is 0.154. The summed E-state index contributed by atoms with van der Waals surface area (Å²) in [5, 5.41) is 6.68. The molecule has 6 heteroatoms. The number of benzene rings is 1. The van der Waals surface area contributed by atoms with Crippen LogP contribution < -0.4 is 20.1 Å². The molecule has 0 radical (unpaired) electrons. The van der Waals surface area contributed by atoms with E-state index in [1.165, 1.54) is 0 Å². The Hall–Kier alpha value is -1.46. The number of hydrogen-bond acceptors (Lipinski definition) is 4. The van der Waals surface area contributed by atoms with Crippen molar-refractivity contribution in [1.29, 1.82) is 0 Å². The van der Waals surface area contributed by atoms with Gasteiger partial charge >= 0.3 is 0 Å². The quantitative estimate of drug-likeness (QED) is 0.714. The highest BCUT2D eigenvalue weighted by molar-refractivity contribution is 6.32. The zero-order chi connectivity index (χ0) is 16.7. The molecule has 1 fully saturated rings. The summed E-state index contributed by atoms with van der Waals surface area (Å²) in [6.45, 7) is 4.30. The summed E-state index contributed by atoms with van der Waals surface area (Å²) < 4.78 is 11.0. The average Bonchev–Trinajstić information content (AvgIpc) is 3.07. The number of ether oxygens (including phenoxy) is 2. The molecular formula is C17H25ClN2O3. The fourth-order valence-corrected chi connectivity index (χ4v) is 2.82. The van der Waals surface area contributed by atoms with Gasteiger partial charge in [0, 0.05) is 18.2 Å². The molecule has 1 aromatic carbocycles. The van der Waals surface area contributed by atoms with Gasteiger partial charge in [0.25, 0.3) is 5.91 Å². The van der Waals surface area contributed by atoms with Crippen LogP contribution in [-0.4, -0.2) is 38.8 Å². The lowest BCUT2D eigenvalue weighted by Gasteiger charge is -2.15. The highest BCUT2D eigenvalue weighted by Gasteiger charge is 2.18. The van der Waals surface area contributed by atoms with Crippen LogP contribution in [0.15, 0.2) is 12.1 Å². The predicted octanol–water partition coefficient (Wildman–Crippen LogP) is 3.01. The topological polar surface area (TPSA) is 59.6 Å². The van der Waals surface area contributed by atoms with Crippen LogP contribution in [0.3, 0.4) is 0 Å². The lowest BCUT2D eigenvalue weighted by atomic mass is 10.1. The zero-order valence-electron chi connectivity index (χ0n) is 13.8. The van der Waals surface area contributed by atoms with Crippen molar-refractivity contribution < 1.29 is 14.3 Å². The normalized spacial score (nSPS) is 17.1. The van der Waals surface area contributed by atoms with E-state index in [2.05, 4.69) is 17.6 Å². The van der Waals surface area contributed by atoms with Gasteiger partial charge in [-0.1, -0.05) is 24.9 Å². The maximum Gasteiger partial charge on any atom is 0.251 e. The molecule has 1 aromatic rings. The van der Waals surface area contributed by atoms with Gasteiger partial charge in [-0.25, -0.2) is 0 Å². The van der Waals surface area contributed by atoms with Gasteiger partial charge in [-0.05, 0) is 37.9 Å². The van der Waals surface area contributed by atoms with Crippen molar-refractivity contribution in [1.82, 2.24) is 10.6 Å². The smallest absolute Gasteiger partial charge is 0.251 e. The molecule has 0 aliphatic carbocycles. The summed E-state index contributed by atoms with van der Waals surface area (Å²) >= 11 is 6.27. The van der Waals surface area contributed by atoms with E-state index in [0.717, 1.165) is 32.2 Å². The van der Waals surface area contributed by atoms with Crippen LogP contribution in [0, 0.1) is 0 Å². The zero-order valence-corrected chi connectivity index (χ0v) is 14.5. The number of amides is 1. The van der Waals surface area contributed by atoms with E-state index in [-0.39, 0.29) is 5.91 Å². The lowest BCUT2D eigenvalue weighted by Crippen LogP contribution is -2.37. The molecule has 5 nitrogen and oxygen atoms in total. The monoisotopic (exact) mass is 340 g/mol. The van der Waals surface area contributed by atoms with Gasteiger partial charge in [-0.3, -0.25) is 4.79 Å². The molecule has 0 saturated carbocycles. The molecule has 128 valence electrons. The van der Waals surface area contributed by atoms with Gasteiger partial charge in [0.05, 0.1) is 18.7 Å². The molecule has 1 atom stereocenters. The molecule has 1 aliphatic heterocycles. The Balaban J connectivity index is 2.03. The van der Waals surface area contributed by atoms with E-state index in [1.807, 2.05) is 0 Å². The van der Waals surface area contributed by atoms with Gasteiger partial charge < -0.3 is 20.1 Å². The number of methoxy groups -OCH3 is 1. The molecule has 1 saturated heterocycles. The SMILES string of the molecule is CCCCOc1c(Cl)cc(C(=O)NCC2CCCN2)cc1OC. The summed E-state index contributed by atoms with van der Waals surface area (Å²) in [5.41, 5.74) is 0.479. The van der Waals surface area contributed by atoms with Crippen molar-refractivity contribution in [2.24, 2.45) is 0 Å². The highest BCUT2D eigenvalue weighted by atomic mass is 35.5. The van der Waals surface area contributed by atoms with Gasteiger partial charge in [0.1, 0.15) is 0 Å². The van der Waals surface area contributed by atoms with Crippen molar-refractivity contribution in [2.45, 2.75) is 38.6 Å². The predicted molar refractivity (Wildman–Crippen MR) is 91.8 cm³/mol. The summed E-state index contributed by atoms with van der Waals surface area (Å²) in [6.07, 6.45) is 4.23. The van der Waals surface area contributed by atoms with Gasteiger partial charge in [-0.15, -0.1) is 0 Å². The summed E-state index contributed by atoms with van der Waals surface area (Å²) in [4.78, 5) is 12.3. The van der Waals surface area contributed by atoms with Crippen LogP contribution in [-0.2, 0) is 0 Å². The maximum atomic E-state index is 12.3. The Morgan fingerprint density at radius 3 is 2.96 bits per heavy atom. The number of nitrogens with one attached hydrogen (secondary N) is 2. The number of hydrogen-bond donors (Lipinski definition) is 2. The number of halogens is 1. The molecule has 1 unspecified atom stereocenters. The molecule has 1 aliphatic rings. The molecule has 23 heavy (non-hydrogen) atoms. The largest absolute Gasteiger partial charge is 0.493 e. The third-order valence-corrected chi connectivity index (χ3v) is 4.19. The van der Waals surface area contributed by atoms with Crippen molar-refractivity contribution in [3.8, 4) is 11.5 Å². The van der Waals surface area contributed by atoms with Crippen molar-refractivity contribution in [2.75, 3.05) is 26.8 Å². The van der Waals surface area contributed by atoms with E-state index in [1.54, 1.807) is 19.2 Å². The minimum atomic E-state index is -0.154. The molecular weight excluding hydrogens is 316 g/mol. The van der Waals surface area contributed by atoms with E-state index in [0.29, 0.717) is 41.3 Å². The van der Waals surface area contributed by atoms with E-state index < -0.39 is 0 Å². The second-order valence-corrected chi connectivity index (χ2v) is 6.10. The molecule has 0 spiro atoms. The van der Waals surface area contributed by atoms with Gasteiger partial charge in [0.15, 0.2) is 11.5 Å². The molecule has 1 amide bonds. The van der Waals surface area contributed by atoms with Crippen LogP contribution >= 0.6 is 11.6 Å². The van der Waals surface area contributed by atoms with Gasteiger partial charge in [0.2, 0.25) is 0 Å². The molecule has 2 rings (SSSR count). The Kier molecular flexibility index (Phi) is 6.99. The summed E-state index contributed by atoms with van der Waals surface area (Å²) in [5.74, 6) is 0.827. The van der Waals surface area contributed by atoms with Crippen molar-refractivity contribution >= 4 is 17.5 Å². The van der Waals surface area contributed by atoms with Crippen LogP contribution in [0.25, 0.3) is 0 Å². The Morgan fingerprint density at radius 2 is 2.30 bits per heavy atom. The standard InChI is InChI=1S/C17H25ClN2O3/c1-3-4-8-23-16-14(18)9-12(10-15(16)22-2)17(21)20-11-13-6-5-7-19-13/h9-10,13,19H,3-8,11H2,1-2H3,(H,20,21). The highest BCUT2D eigenvalue weighted by Crippen LogP contribution is 2.36. The average molecular weight is 341 g/mol. The fourth-order valence-electron chi connectivity index (χ4n) is 2.56. The number of carbonyl (C=O) groups excluding carboxylic acids is 1. The van der Waals surface area contributed by atoms with E-state index >= 15 is 0 Å². The van der Waals surface area contributed by atoms with Crippen LogP contribution in [0.5, 0.6) is 11.5 Å². The number of unbranched alkanes of at least 4 members (excludes halogenated alkanes) is 1. The van der Waals surface area contributed by atoms with E-state index in [9.17, 15) is 4.79 Å². The Morgan fingerprint density at radius 1 is 1.48 bits per heavy atom. The first-order valence-corrected chi connectivity index (χ1v) is 8.55. The first-order valence-electron chi connectivity index (χ1n) is 8.17. The number of carbonyl (C=O) groups is 1. The molecule has 1 heterocycles. The van der Waals surface area contributed by atoms with Crippen LogP contribution in [0.4, 0.5) is 0 Å². The van der Waals surface area contributed by atoms with Crippen molar-refractivity contribution in [3.05, 3.63) is 22.7 Å². The minimum Gasteiger partial charge on any atom is -0.493 e. The molecule has 2 N–H and O–H groups in total. The first kappa shape index (κ1) is 17.9.